The highest BCUT2D eigenvalue weighted by atomic mass is 32.1. The molecule has 0 aliphatic heterocycles. The van der Waals surface area contributed by atoms with Crippen LogP contribution in [0.1, 0.15) is 59.7 Å². The lowest BCUT2D eigenvalue weighted by atomic mass is 10.1. The maximum absolute atomic E-state index is 11.9. The van der Waals surface area contributed by atoms with E-state index in [-0.39, 0.29) is 18.1 Å². The van der Waals surface area contributed by atoms with Gasteiger partial charge >= 0.3 is 5.97 Å². The molecule has 0 bridgehead atoms. The van der Waals surface area contributed by atoms with Crippen molar-refractivity contribution in [1.29, 1.82) is 0 Å². The molecule has 2 aliphatic rings. The van der Waals surface area contributed by atoms with Crippen LogP contribution in [-0.2, 0) is 4.74 Å². The molecule has 2 saturated carbocycles. The van der Waals surface area contributed by atoms with Crippen molar-refractivity contribution in [3.8, 4) is 0 Å². The van der Waals surface area contributed by atoms with E-state index in [0.717, 1.165) is 11.8 Å². The molecule has 114 valence electrons. The van der Waals surface area contributed by atoms with Crippen LogP contribution in [0.25, 0.3) is 0 Å². The van der Waals surface area contributed by atoms with E-state index in [9.17, 15) is 9.59 Å². The van der Waals surface area contributed by atoms with Gasteiger partial charge in [-0.2, -0.15) is 0 Å². The van der Waals surface area contributed by atoms with E-state index in [1.165, 1.54) is 43.9 Å². The van der Waals surface area contributed by atoms with Crippen molar-refractivity contribution in [2.24, 2.45) is 11.8 Å². The summed E-state index contributed by atoms with van der Waals surface area (Å²) in [5, 5.41) is 4.14. The molecule has 2 aliphatic carbocycles. The number of aromatic nitrogens is 1. The Kier molecular flexibility index (Phi) is 3.97. The van der Waals surface area contributed by atoms with Crippen molar-refractivity contribution in [1.82, 2.24) is 4.98 Å². The van der Waals surface area contributed by atoms with Crippen molar-refractivity contribution in [2.45, 2.75) is 45.6 Å². The SMILES string of the molecule is CCOC(=O)c1nc(NC(C2CC2)C2CC2)sc1C(C)=O. The van der Waals surface area contributed by atoms with Crippen LogP contribution in [0.4, 0.5) is 5.13 Å². The standard InChI is InChI=1S/C15H20N2O3S/c1-3-20-14(19)12-13(8(2)18)21-15(17-12)16-11(9-4-5-9)10-6-7-10/h9-11H,3-7H2,1-2H3,(H,16,17). The largest absolute Gasteiger partial charge is 0.461 e. The summed E-state index contributed by atoms with van der Waals surface area (Å²) >= 11 is 1.27. The Morgan fingerprint density at radius 3 is 2.43 bits per heavy atom. The molecule has 0 amide bonds. The van der Waals surface area contributed by atoms with Gasteiger partial charge in [0.1, 0.15) is 4.88 Å². The summed E-state index contributed by atoms with van der Waals surface area (Å²) in [6.45, 7) is 3.48. The van der Waals surface area contributed by atoms with Crippen LogP contribution in [0.5, 0.6) is 0 Å². The highest BCUT2D eigenvalue weighted by molar-refractivity contribution is 7.17. The fourth-order valence-electron chi connectivity index (χ4n) is 2.63. The number of thiazole rings is 1. The van der Waals surface area contributed by atoms with E-state index in [1.54, 1.807) is 6.92 Å². The molecular formula is C15H20N2O3S. The first-order chi connectivity index (χ1) is 10.1. The van der Waals surface area contributed by atoms with Crippen molar-refractivity contribution in [3.05, 3.63) is 10.6 Å². The van der Waals surface area contributed by atoms with Crippen LogP contribution in [0.2, 0.25) is 0 Å². The number of Topliss-reactive ketones (excluding diaryl/α,β-unsaturated/α-hetero) is 1. The molecule has 0 aromatic carbocycles. The molecule has 0 saturated heterocycles. The number of ether oxygens (including phenoxy) is 1. The summed E-state index contributed by atoms with van der Waals surface area (Å²) in [6.07, 6.45) is 5.07. The summed E-state index contributed by atoms with van der Waals surface area (Å²) in [6, 6.07) is 0.450. The minimum absolute atomic E-state index is 0.141. The summed E-state index contributed by atoms with van der Waals surface area (Å²) in [4.78, 5) is 28.3. The van der Waals surface area contributed by atoms with Crippen molar-refractivity contribution in [2.75, 3.05) is 11.9 Å². The van der Waals surface area contributed by atoms with Crippen LogP contribution >= 0.6 is 11.3 Å². The van der Waals surface area contributed by atoms with Crippen LogP contribution in [-0.4, -0.2) is 29.4 Å². The number of esters is 1. The molecule has 1 N–H and O–H groups in total. The van der Waals surface area contributed by atoms with Gasteiger partial charge in [-0.1, -0.05) is 11.3 Å². The minimum atomic E-state index is -0.513. The zero-order valence-electron chi connectivity index (χ0n) is 12.3. The zero-order chi connectivity index (χ0) is 15.0. The van der Waals surface area contributed by atoms with Gasteiger partial charge in [-0.25, -0.2) is 9.78 Å². The first-order valence-electron chi connectivity index (χ1n) is 7.55. The van der Waals surface area contributed by atoms with Gasteiger partial charge in [-0.05, 0) is 44.4 Å². The van der Waals surface area contributed by atoms with Gasteiger partial charge in [-0.15, -0.1) is 0 Å². The van der Waals surface area contributed by atoms with E-state index < -0.39 is 5.97 Å². The maximum Gasteiger partial charge on any atom is 0.358 e. The molecule has 1 aromatic rings. The number of hydrogen-bond donors (Lipinski definition) is 1. The number of anilines is 1. The highest BCUT2D eigenvalue weighted by Crippen LogP contribution is 2.46. The van der Waals surface area contributed by atoms with E-state index in [4.69, 9.17) is 4.74 Å². The van der Waals surface area contributed by atoms with Crippen molar-refractivity contribution in [3.63, 3.8) is 0 Å². The fraction of sp³-hybridized carbons (Fsp3) is 0.667. The molecule has 0 spiro atoms. The van der Waals surface area contributed by atoms with Crippen molar-refractivity contribution >= 4 is 28.2 Å². The van der Waals surface area contributed by atoms with Crippen LogP contribution in [0.15, 0.2) is 0 Å². The smallest absolute Gasteiger partial charge is 0.358 e. The molecule has 0 radical (unpaired) electrons. The fourth-order valence-corrected chi connectivity index (χ4v) is 3.53. The lowest BCUT2D eigenvalue weighted by molar-refractivity contribution is 0.0517. The van der Waals surface area contributed by atoms with E-state index in [2.05, 4.69) is 10.3 Å². The van der Waals surface area contributed by atoms with Gasteiger partial charge in [0, 0.05) is 13.0 Å². The lowest BCUT2D eigenvalue weighted by Gasteiger charge is -2.16. The predicted octanol–water partition coefficient (Wildman–Crippen LogP) is 3.12. The number of carbonyl (C=O) groups excluding carboxylic acids is 2. The minimum Gasteiger partial charge on any atom is -0.461 e. The zero-order valence-corrected chi connectivity index (χ0v) is 13.2. The van der Waals surface area contributed by atoms with Crippen LogP contribution < -0.4 is 5.32 Å². The molecule has 6 heteroatoms. The number of nitrogens with one attached hydrogen (secondary N) is 1. The normalized spacial score (nSPS) is 17.9. The van der Waals surface area contributed by atoms with Crippen LogP contribution in [0.3, 0.4) is 0 Å². The van der Waals surface area contributed by atoms with Crippen molar-refractivity contribution < 1.29 is 14.3 Å². The number of hydrogen-bond acceptors (Lipinski definition) is 6. The molecule has 1 aromatic heterocycles. The average Bonchev–Trinajstić information content (AvgIpc) is 3.34. The predicted molar refractivity (Wildman–Crippen MR) is 80.9 cm³/mol. The number of ketones is 1. The monoisotopic (exact) mass is 308 g/mol. The Hall–Kier alpha value is -1.43. The Morgan fingerprint density at radius 1 is 1.33 bits per heavy atom. The maximum atomic E-state index is 11.9. The van der Waals surface area contributed by atoms with Gasteiger partial charge in [0.15, 0.2) is 16.6 Å². The van der Waals surface area contributed by atoms with Gasteiger partial charge in [0.25, 0.3) is 0 Å². The third-order valence-electron chi connectivity index (χ3n) is 3.97. The van der Waals surface area contributed by atoms with E-state index in [1.807, 2.05) is 0 Å². The summed E-state index contributed by atoms with van der Waals surface area (Å²) in [5.74, 6) is 0.806. The van der Waals surface area contributed by atoms with Gasteiger partial charge in [-0.3, -0.25) is 4.79 Å². The van der Waals surface area contributed by atoms with Gasteiger partial charge in [0.2, 0.25) is 0 Å². The summed E-state index contributed by atoms with van der Waals surface area (Å²) in [5.41, 5.74) is 0.155. The van der Waals surface area contributed by atoms with E-state index in [0.29, 0.717) is 16.1 Å². The van der Waals surface area contributed by atoms with Crippen LogP contribution in [0, 0.1) is 11.8 Å². The molecule has 2 fully saturated rings. The Bertz CT molecular complexity index is 549. The third-order valence-corrected chi connectivity index (χ3v) is 5.05. The average molecular weight is 308 g/mol. The third kappa shape index (κ3) is 3.26. The van der Waals surface area contributed by atoms with Gasteiger partial charge in [0.05, 0.1) is 6.61 Å². The molecular weight excluding hydrogens is 288 g/mol. The second kappa shape index (κ2) is 5.75. The number of carbonyl (C=O) groups is 2. The molecule has 5 nitrogen and oxygen atoms in total. The Labute approximate surface area is 128 Å². The Morgan fingerprint density at radius 2 is 1.95 bits per heavy atom. The Balaban J connectivity index is 1.80. The first kappa shape index (κ1) is 14.5. The molecule has 21 heavy (non-hydrogen) atoms. The number of nitrogens with zero attached hydrogens (tertiary/aromatic N) is 1. The summed E-state index contributed by atoms with van der Waals surface area (Å²) < 4.78 is 4.98. The second-order valence-electron chi connectivity index (χ2n) is 5.82. The van der Waals surface area contributed by atoms with Gasteiger partial charge < -0.3 is 10.1 Å². The molecule has 0 atom stereocenters. The highest BCUT2D eigenvalue weighted by Gasteiger charge is 2.42. The van der Waals surface area contributed by atoms with E-state index >= 15 is 0 Å². The lowest BCUT2D eigenvalue weighted by Crippen LogP contribution is -2.24. The molecule has 3 rings (SSSR count). The summed E-state index contributed by atoms with van der Waals surface area (Å²) in [7, 11) is 0. The second-order valence-corrected chi connectivity index (χ2v) is 6.82. The quantitative estimate of drug-likeness (QED) is 0.619. The molecule has 1 heterocycles. The first-order valence-corrected chi connectivity index (χ1v) is 8.37. The number of rotatable bonds is 7. The topological polar surface area (TPSA) is 68.3 Å². The molecule has 0 unspecified atom stereocenters.